The van der Waals surface area contributed by atoms with Gasteiger partial charge in [-0.3, -0.25) is 0 Å². The van der Waals surface area contributed by atoms with E-state index in [2.05, 4.69) is 176 Å². The average Bonchev–Trinajstić information content (AvgIpc) is 3.62. The fourth-order valence-corrected chi connectivity index (χ4v) is 8.27. The smallest absolute Gasteiger partial charge is 0.160 e. The SMILES string of the molecule is C1=CCCC(c2ccc(-c3nc(-c4cc(-c5ccc(-c6ccc7ccccc7c6)cc5)c5c(c4)oc4cc6ccccc6cc45)nc4ccccc34)cc2)=C1. The van der Waals surface area contributed by atoms with Gasteiger partial charge in [-0.05, 0) is 104 Å². The molecule has 55 heavy (non-hydrogen) atoms. The lowest BCUT2D eigenvalue weighted by Gasteiger charge is -2.13. The van der Waals surface area contributed by atoms with E-state index in [0.29, 0.717) is 5.82 Å². The molecule has 1 aliphatic rings. The summed E-state index contributed by atoms with van der Waals surface area (Å²) in [7, 11) is 0. The van der Waals surface area contributed by atoms with Gasteiger partial charge in [-0.15, -0.1) is 0 Å². The van der Waals surface area contributed by atoms with Crippen molar-refractivity contribution < 1.29 is 4.42 Å². The van der Waals surface area contributed by atoms with Gasteiger partial charge < -0.3 is 4.42 Å². The summed E-state index contributed by atoms with van der Waals surface area (Å²) in [6, 6.07) is 58.5. The van der Waals surface area contributed by atoms with Crippen LogP contribution in [0.1, 0.15) is 18.4 Å². The lowest BCUT2D eigenvalue weighted by molar-refractivity contribution is 0.669. The van der Waals surface area contributed by atoms with Crippen LogP contribution in [0, 0.1) is 0 Å². The first kappa shape index (κ1) is 31.4. The largest absolute Gasteiger partial charge is 0.456 e. The van der Waals surface area contributed by atoms with E-state index in [1.54, 1.807) is 0 Å². The van der Waals surface area contributed by atoms with Crippen LogP contribution in [0.15, 0.2) is 186 Å². The third-order valence-electron chi connectivity index (χ3n) is 11.1. The first-order chi connectivity index (χ1) is 27.2. The molecule has 0 atom stereocenters. The van der Waals surface area contributed by atoms with Crippen molar-refractivity contribution in [2.75, 3.05) is 0 Å². The Kier molecular flexibility index (Phi) is 7.31. The highest BCUT2D eigenvalue weighted by Crippen LogP contribution is 2.42. The molecule has 10 aromatic rings. The monoisotopic (exact) mass is 702 g/mol. The van der Waals surface area contributed by atoms with Crippen LogP contribution in [-0.2, 0) is 0 Å². The number of rotatable bonds is 5. The Balaban J connectivity index is 1.09. The van der Waals surface area contributed by atoms with Crippen molar-refractivity contribution in [3.8, 4) is 44.9 Å². The zero-order valence-electron chi connectivity index (χ0n) is 30.0. The van der Waals surface area contributed by atoms with E-state index in [4.69, 9.17) is 14.4 Å². The number of benzene rings is 8. The summed E-state index contributed by atoms with van der Waals surface area (Å²) in [4.78, 5) is 10.5. The van der Waals surface area contributed by atoms with Crippen LogP contribution >= 0.6 is 0 Å². The summed E-state index contributed by atoms with van der Waals surface area (Å²) in [5.41, 5.74) is 12.7. The van der Waals surface area contributed by atoms with Crippen molar-refractivity contribution in [1.82, 2.24) is 9.97 Å². The summed E-state index contributed by atoms with van der Waals surface area (Å²) in [6.45, 7) is 0. The van der Waals surface area contributed by atoms with E-state index in [-0.39, 0.29) is 0 Å². The molecule has 0 radical (unpaired) electrons. The summed E-state index contributed by atoms with van der Waals surface area (Å²) < 4.78 is 6.73. The standard InChI is InChI=1S/C52H34N2O/c1-2-10-33(11-3-1)35-20-25-38(26-21-35)51-44-16-8-9-17-47(44)53-52(54-51)43-30-45(50-46-29-40-14-6-7-15-41(40)31-48(46)55-49(50)32-43)37-23-18-36(19-24-37)42-27-22-34-12-4-5-13-39(34)28-42/h1-2,4-10,12-32H,3,11H2. The second-order valence-electron chi connectivity index (χ2n) is 14.5. The maximum absolute atomic E-state index is 6.73. The van der Waals surface area contributed by atoms with Gasteiger partial charge in [0, 0.05) is 27.3 Å². The molecule has 2 aromatic heterocycles. The van der Waals surface area contributed by atoms with Crippen LogP contribution in [0.2, 0.25) is 0 Å². The molecular formula is C52H34N2O. The Bertz CT molecular complexity index is 3180. The third-order valence-corrected chi connectivity index (χ3v) is 11.1. The molecule has 0 bridgehead atoms. The number of allylic oxidation sites excluding steroid dienone is 4. The molecule has 0 aliphatic heterocycles. The Morgan fingerprint density at radius 1 is 0.455 bits per heavy atom. The van der Waals surface area contributed by atoms with Gasteiger partial charge in [-0.2, -0.15) is 0 Å². The zero-order chi connectivity index (χ0) is 36.3. The number of hydrogen-bond donors (Lipinski definition) is 0. The van der Waals surface area contributed by atoms with E-state index in [9.17, 15) is 0 Å². The number of para-hydroxylation sites is 1. The predicted octanol–water partition coefficient (Wildman–Crippen LogP) is 14.2. The lowest BCUT2D eigenvalue weighted by atomic mass is 9.94. The minimum absolute atomic E-state index is 0.666. The van der Waals surface area contributed by atoms with Gasteiger partial charge in [0.15, 0.2) is 5.82 Å². The van der Waals surface area contributed by atoms with Crippen LogP contribution in [0.4, 0.5) is 0 Å². The van der Waals surface area contributed by atoms with Gasteiger partial charge in [0.25, 0.3) is 0 Å². The summed E-state index contributed by atoms with van der Waals surface area (Å²) in [5, 5.41) is 8.03. The normalized spacial score (nSPS) is 13.0. The number of fused-ring (bicyclic) bond motifs is 6. The topological polar surface area (TPSA) is 38.9 Å². The first-order valence-corrected chi connectivity index (χ1v) is 18.9. The Morgan fingerprint density at radius 2 is 1.13 bits per heavy atom. The van der Waals surface area contributed by atoms with Crippen LogP contribution in [-0.4, -0.2) is 9.97 Å². The van der Waals surface area contributed by atoms with Crippen molar-refractivity contribution >= 4 is 60.0 Å². The lowest BCUT2D eigenvalue weighted by Crippen LogP contribution is -1.96. The van der Waals surface area contributed by atoms with Crippen LogP contribution in [0.5, 0.6) is 0 Å². The molecule has 1 aliphatic carbocycles. The average molecular weight is 703 g/mol. The van der Waals surface area contributed by atoms with E-state index in [1.807, 2.05) is 6.07 Å². The molecule has 3 heteroatoms. The molecule has 2 heterocycles. The molecule has 0 saturated heterocycles. The first-order valence-electron chi connectivity index (χ1n) is 18.9. The predicted molar refractivity (Wildman–Crippen MR) is 230 cm³/mol. The second kappa shape index (κ2) is 12.8. The fraction of sp³-hybridized carbons (Fsp3) is 0.0385. The molecule has 0 saturated carbocycles. The molecule has 0 unspecified atom stereocenters. The molecule has 3 nitrogen and oxygen atoms in total. The number of aromatic nitrogens is 2. The van der Waals surface area contributed by atoms with E-state index < -0.39 is 0 Å². The minimum atomic E-state index is 0.666. The van der Waals surface area contributed by atoms with Crippen molar-refractivity contribution in [2.24, 2.45) is 0 Å². The highest BCUT2D eigenvalue weighted by molar-refractivity contribution is 6.16. The van der Waals surface area contributed by atoms with Gasteiger partial charge in [0.1, 0.15) is 11.2 Å². The summed E-state index contributed by atoms with van der Waals surface area (Å²) in [6.07, 6.45) is 8.75. The maximum atomic E-state index is 6.73. The molecule has 11 rings (SSSR count). The summed E-state index contributed by atoms with van der Waals surface area (Å²) >= 11 is 0. The van der Waals surface area contributed by atoms with Crippen molar-refractivity contribution in [3.05, 3.63) is 188 Å². The fourth-order valence-electron chi connectivity index (χ4n) is 8.27. The Labute approximate surface area is 318 Å². The van der Waals surface area contributed by atoms with Crippen molar-refractivity contribution in [1.29, 1.82) is 0 Å². The maximum Gasteiger partial charge on any atom is 0.160 e. The van der Waals surface area contributed by atoms with Crippen molar-refractivity contribution in [3.63, 3.8) is 0 Å². The van der Waals surface area contributed by atoms with E-state index in [1.165, 1.54) is 38.4 Å². The molecule has 8 aromatic carbocycles. The number of furan rings is 1. The van der Waals surface area contributed by atoms with Crippen molar-refractivity contribution in [2.45, 2.75) is 12.8 Å². The van der Waals surface area contributed by atoms with Gasteiger partial charge >= 0.3 is 0 Å². The number of hydrogen-bond acceptors (Lipinski definition) is 3. The third kappa shape index (κ3) is 5.52. The minimum Gasteiger partial charge on any atom is -0.456 e. The van der Waals surface area contributed by atoms with Gasteiger partial charge in [-0.1, -0.05) is 146 Å². The quantitative estimate of drug-likeness (QED) is 0.179. The van der Waals surface area contributed by atoms with E-state index >= 15 is 0 Å². The van der Waals surface area contributed by atoms with Crippen LogP contribution in [0.3, 0.4) is 0 Å². The molecule has 0 spiro atoms. The van der Waals surface area contributed by atoms with Crippen LogP contribution < -0.4 is 0 Å². The molecule has 0 fully saturated rings. The molecule has 258 valence electrons. The second-order valence-corrected chi connectivity index (χ2v) is 14.5. The van der Waals surface area contributed by atoms with Crippen LogP contribution in [0.25, 0.3) is 105 Å². The highest BCUT2D eigenvalue weighted by atomic mass is 16.3. The summed E-state index contributed by atoms with van der Waals surface area (Å²) in [5.74, 6) is 0.666. The Hall–Kier alpha value is -7.10. The number of nitrogens with zero attached hydrogens (tertiary/aromatic N) is 2. The van der Waals surface area contributed by atoms with E-state index in [0.717, 1.165) is 79.0 Å². The highest BCUT2D eigenvalue weighted by Gasteiger charge is 2.19. The van der Waals surface area contributed by atoms with Gasteiger partial charge in [0.2, 0.25) is 0 Å². The molecule has 0 amide bonds. The van der Waals surface area contributed by atoms with Gasteiger partial charge in [0.05, 0.1) is 11.2 Å². The molecule has 0 N–H and O–H groups in total. The Morgan fingerprint density at radius 3 is 1.93 bits per heavy atom. The molecular weight excluding hydrogens is 669 g/mol. The zero-order valence-corrected chi connectivity index (χ0v) is 30.0. The van der Waals surface area contributed by atoms with Gasteiger partial charge in [-0.25, -0.2) is 9.97 Å².